The van der Waals surface area contributed by atoms with E-state index in [1.165, 1.54) is 7.11 Å². The van der Waals surface area contributed by atoms with Crippen LogP contribution >= 0.6 is 0 Å². The molecule has 0 bridgehead atoms. The molecule has 0 spiro atoms. The molecule has 22 heavy (non-hydrogen) atoms. The van der Waals surface area contributed by atoms with E-state index in [1.807, 2.05) is 43.3 Å². The number of aliphatic hydroxyl groups excluding tert-OH is 1. The predicted molar refractivity (Wildman–Crippen MR) is 85.9 cm³/mol. The number of hydrogen-bond acceptors (Lipinski definition) is 4. The van der Waals surface area contributed by atoms with E-state index in [1.54, 1.807) is 12.4 Å². The number of aromatic amines is 1. The lowest BCUT2D eigenvalue weighted by molar-refractivity contribution is 0.215. The van der Waals surface area contributed by atoms with E-state index in [0.29, 0.717) is 5.69 Å². The SMILES string of the molecule is CON=Cc1ccnc2cc(C(O)c3cccc(C)c3)[nH]c12. The lowest BCUT2D eigenvalue weighted by Crippen LogP contribution is -2.00. The minimum Gasteiger partial charge on any atom is -0.399 e. The number of nitrogens with zero attached hydrogens (tertiary/aromatic N) is 2. The molecule has 1 aromatic carbocycles. The number of benzene rings is 1. The Labute approximate surface area is 128 Å². The van der Waals surface area contributed by atoms with Gasteiger partial charge in [-0.15, -0.1) is 0 Å². The van der Waals surface area contributed by atoms with E-state index in [9.17, 15) is 5.11 Å². The highest BCUT2D eigenvalue weighted by Crippen LogP contribution is 2.25. The number of pyridine rings is 1. The molecule has 112 valence electrons. The van der Waals surface area contributed by atoms with Gasteiger partial charge in [0.15, 0.2) is 0 Å². The van der Waals surface area contributed by atoms with Gasteiger partial charge >= 0.3 is 0 Å². The van der Waals surface area contributed by atoms with Crippen LogP contribution in [0.15, 0.2) is 47.8 Å². The van der Waals surface area contributed by atoms with Crippen LogP contribution in [0.2, 0.25) is 0 Å². The predicted octanol–water partition coefficient (Wildman–Crippen LogP) is 2.93. The van der Waals surface area contributed by atoms with Crippen molar-refractivity contribution in [2.45, 2.75) is 13.0 Å². The fourth-order valence-electron chi connectivity index (χ4n) is 2.45. The van der Waals surface area contributed by atoms with Crippen molar-refractivity contribution in [1.82, 2.24) is 9.97 Å². The largest absolute Gasteiger partial charge is 0.399 e. The van der Waals surface area contributed by atoms with Gasteiger partial charge in [-0.25, -0.2) is 0 Å². The maximum Gasteiger partial charge on any atom is 0.119 e. The molecule has 1 atom stereocenters. The van der Waals surface area contributed by atoms with Gasteiger partial charge in [-0.1, -0.05) is 35.0 Å². The van der Waals surface area contributed by atoms with Crippen molar-refractivity contribution in [3.05, 3.63) is 65.0 Å². The van der Waals surface area contributed by atoms with Crippen molar-refractivity contribution in [1.29, 1.82) is 0 Å². The molecule has 0 aliphatic heterocycles. The Morgan fingerprint density at radius 3 is 2.95 bits per heavy atom. The van der Waals surface area contributed by atoms with Gasteiger partial charge in [0.25, 0.3) is 0 Å². The van der Waals surface area contributed by atoms with Crippen LogP contribution in [-0.4, -0.2) is 28.4 Å². The van der Waals surface area contributed by atoms with Crippen molar-refractivity contribution in [2.75, 3.05) is 7.11 Å². The van der Waals surface area contributed by atoms with E-state index < -0.39 is 6.10 Å². The second kappa shape index (κ2) is 5.99. The van der Waals surface area contributed by atoms with Crippen LogP contribution in [0, 0.1) is 6.92 Å². The van der Waals surface area contributed by atoms with Crippen molar-refractivity contribution >= 4 is 17.2 Å². The molecule has 3 aromatic rings. The van der Waals surface area contributed by atoms with Gasteiger partial charge in [-0.3, -0.25) is 4.98 Å². The molecule has 0 aliphatic rings. The first-order valence-electron chi connectivity index (χ1n) is 6.98. The first-order chi connectivity index (χ1) is 10.7. The molecule has 0 aliphatic carbocycles. The minimum absolute atomic E-state index is 0.700. The van der Waals surface area contributed by atoms with E-state index in [0.717, 1.165) is 27.7 Å². The van der Waals surface area contributed by atoms with Gasteiger partial charge in [0.05, 0.1) is 22.9 Å². The quantitative estimate of drug-likeness (QED) is 0.574. The zero-order chi connectivity index (χ0) is 15.5. The summed E-state index contributed by atoms with van der Waals surface area (Å²) >= 11 is 0. The number of fused-ring (bicyclic) bond motifs is 1. The molecule has 2 heterocycles. The summed E-state index contributed by atoms with van der Waals surface area (Å²) in [6, 6.07) is 11.5. The molecule has 5 heteroatoms. The Kier molecular flexibility index (Phi) is 3.89. The van der Waals surface area contributed by atoms with Crippen molar-refractivity contribution in [3.8, 4) is 0 Å². The molecule has 1 unspecified atom stereocenters. The molecule has 3 rings (SSSR count). The summed E-state index contributed by atoms with van der Waals surface area (Å²) in [7, 11) is 1.50. The molecule has 0 saturated heterocycles. The number of oxime groups is 1. The smallest absolute Gasteiger partial charge is 0.119 e. The maximum absolute atomic E-state index is 10.6. The lowest BCUT2D eigenvalue weighted by atomic mass is 10.0. The fourth-order valence-corrected chi connectivity index (χ4v) is 2.45. The van der Waals surface area contributed by atoms with Crippen LogP contribution in [0.5, 0.6) is 0 Å². The number of nitrogens with one attached hydrogen (secondary N) is 1. The van der Waals surface area contributed by atoms with Crippen molar-refractivity contribution in [2.24, 2.45) is 5.16 Å². The second-order valence-corrected chi connectivity index (χ2v) is 5.12. The van der Waals surface area contributed by atoms with Crippen LogP contribution in [0.25, 0.3) is 11.0 Å². The van der Waals surface area contributed by atoms with Crippen LogP contribution in [0.3, 0.4) is 0 Å². The third-order valence-corrected chi connectivity index (χ3v) is 3.52. The van der Waals surface area contributed by atoms with Gasteiger partial charge in [0.1, 0.15) is 13.2 Å². The monoisotopic (exact) mass is 295 g/mol. The second-order valence-electron chi connectivity index (χ2n) is 5.12. The summed E-state index contributed by atoms with van der Waals surface area (Å²) in [6.45, 7) is 2.00. The van der Waals surface area contributed by atoms with Gasteiger partial charge < -0.3 is 14.9 Å². The van der Waals surface area contributed by atoms with Crippen molar-refractivity contribution in [3.63, 3.8) is 0 Å². The van der Waals surface area contributed by atoms with Gasteiger partial charge in [0, 0.05) is 11.8 Å². The van der Waals surface area contributed by atoms with Crippen molar-refractivity contribution < 1.29 is 9.94 Å². The maximum atomic E-state index is 10.6. The summed E-state index contributed by atoms with van der Waals surface area (Å²) in [6.07, 6.45) is 2.60. The highest BCUT2D eigenvalue weighted by molar-refractivity contribution is 5.96. The van der Waals surface area contributed by atoms with Gasteiger partial charge in [0.2, 0.25) is 0 Å². The molecule has 2 N–H and O–H groups in total. The number of aryl methyl sites for hydroxylation is 1. The molecule has 0 amide bonds. The van der Waals surface area contributed by atoms with E-state index in [2.05, 4.69) is 15.1 Å². The minimum atomic E-state index is -0.721. The zero-order valence-electron chi connectivity index (χ0n) is 12.4. The molecular weight excluding hydrogens is 278 g/mol. The summed E-state index contributed by atoms with van der Waals surface area (Å²) in [4.78, 5) is 12.3. The molecule has 0 radical (unpaired) electrons. The third-order valence-electron chi connectivity index (χ3n) is 3.52. The fraction of sp³-hybridized carbons (Fsp3) is 0.176. The molecule has 0 saturated carbocycles. The number of rotatable bonds is 4. The summed E-state index contributed by atoms with van der Waals surface area (Å²) in [5, 5.41) is 14.3. The number of aromatic nitrogens is 2. The van der Waals surface area contributed by atoms with Gasteiger partial charge in [-0.2, -0.15) is 0 Å². The van der Waals surface area contributed by atoms with Crippen LogP contribution in [0.4, 0.5) is 0 Å². The zero-order valence-corrected chi connectivity index (χ0v) is 12.4. The van der Waals surface area contributed by atoms with E-state index in [-0.39, 0.29) is 0 Å². The Balaban J connectivity index is 2.03. The standard InChI is InChI=1S/C17H17N3O2/c1-11-4-3-5-12(8-11)17(21)15-9-14-16(20-15)13(6-7-18-14)10-19-22-2/h3-10,17,20-21H,1-2H3. The number of aliphatic hydroxyl groups is 1. The molecule has 2 aromatic heterocycles. The number of hydrogen-bond donors (Lipinski definition) is 2. The molecule has 0 fully saturated rings. The van der Waals surface area contributed by atoms with Crippen LogP contribution in [-0.2, 0) is 4.84 Å². The molecular formula is C17H17N3O2. The summed E-state index contributed by atoms with van der Waals surface area (Å²) < 4.78 is 0. The average molecular weight is 295 g/mol. The average Bonchev–Trinajstić information content (AvgIpc) is 2.96. The van der Waals surface area contributed by atoms with E-state index in [4.69, 9.17) is 4.84 Å². The van der Waals surface area contributed by atoms with Crippen LogP contribution < -0.4 is 0 Å². The summed E-state index contributed by atoms with van der Waals surface area (Å²) in [5.74, 6) is 0. The highest BCUT2D eigenvalue weighted by atomic mass is 16.6. The van der Waals surface area contributed by atoms with Crippen LogP contribution in [0.1, 0.15) is 28.5 Å². The molecule has 5 nitrogen and oxygen atoms in total. The first kappa shape index (κ1) is 14.3. The number of H-pyrrole nitrogens is 1. The van der Waals surface area contributed by atoms with E-state index >= 15 is 0 Å². The first-order valence-corrected chi connectivity index (χ1v) is 6.98. The highest BCUT2D eigenvalue weighted by Gasteiger charge is 2.15. The van der Waals surface area contributed by atoms with Gasteiger partial charge in [-0.05, 0) is 24.6 Å². The Morgan fingerprint density at radius 2 is 2.18 bits per heavy atom. The summed E-state index contributed by atoms with van der Waals surface area (Å²) in [5.41, 5.74) is 5.12. The topological polar surface area (TPSA) is 70.5 Å². The third kappa shape index (κ3) is 2.71. The lowest BCUT2D eigenvalue weighted by Gasteiger charge is -2.09. The Morgan fingerprint density at radius 1 is 1.32 bits per heavy atom. The normalized spacial score (nSPS) is 12.9. The Bertz CT molecular complexity index is 824. The Hall–Kier alpha value is -2.66.